The lowest BCUT2D eigenvalue weighted by Crippen LogP contribution is -2.42. The van der Waals surface area contributed by atoms with Crippen molar-refractivity contribution in [2.24, 2.45) is 11.1 Å². The second kappa shape index (κ2) is 3.36. The summed E-state index contributed by atoms with van der Waals surface area (Å²) in [7, 11) is 0. The standard InChI is InChI=1S/C9H14N2OS/c10-6-9(2-1-3-9)7(12)8-11-4-5-13-8/h4-5,7,12H,1-3,6,10H2. The maximum Gasteiger partial charge on any atom is 0.122 e. The lowest BCUT2D eigenvalue weighted by molar-refractivity contribution is -0.0297. The topological polar surface area (TPSA) is 59.1 Å². The van der Waals surface area contributed by atoms with Gasteiger partial charge < -0.3 is 10.8 Å². The normalized spacial score (nSPS) is 22.3. The van der Waals surface area contributed by atoms with Crippen LogP contribution < -0.4 is 5.73 Å². The SMILES string of the molecule is NCC1(C(O)c2nccs2)CCC1. The van der Waals surface area contributed by atoms with Crippen LogP contribution in [-0.2, 0) is 0 Å². The summed E-state index contributed by atoms with van der Waals surface area (Å²) < 4.78 is 0. The molecule has 0 spiro atoms. The fraction of sp³-hybridized carbons (Fsp3) is 0.667. The highest BCUT2D eigenvalue weighted by molar-refractivity contribution is 7.09. The van der Waals surface area contributed by atoms with Crippen LogP contribution in [0.1, 0.15) is 30.4 Å². The third-order valence-electron chi connectivity index (χ3n) is 3.02. The van der Waals surface area contributed by atoms with Gasteiger partial charge in [-0.25, -0.2) is 4.98 Å². The van der Waals surface area contributed by atoms with Crippen molar-refractivity contribution in [3.8, 4) is 0 Å². The second-order valence-electron chi connectivity index (χ2n) is 3.69. The molecule has 1 unspecified atom stereocenters. The van der Waals surface area contributed by atoms with Crippen molar-refractivity contribution in [1.29, 1.82) is 0 Å². The quantitative estimate of drug-likeness (QED) is 0.769. The molecule has 1 aliphatic carbocycles. The number of thiazole rings is 1. The van der Waals surface area contributed by atoms with E-state index in [0.717, 1.165) is 17.8 Å². The molecule has 1 saturated carbocycles. The molecule has 4 heteroatoms. The first-order valence-corrected chi connectivity index (χ1v) is 5.44. The van der Waals surface area contributed by atoms with Crippen LogP contribution in [0, 0.1) is 5.41 Å². The zero-order valence-corrected chi connectivity index (χ0v) is 8.26. The van der Waals surface area contributed by atoms with E-state index in [1.807, 2.05) is 5.38 Å². The smallest absolute Gasteiger partial charge is 0.122 e. The van der Waals surface area contributed by atoms with Gasteiger partial charge in [-0.05, 0) is 12.8 Å². The predicted octanol–water partition coefficient (Wildman–Crippen LogP) is 1.31. The van der Waals surface area contributed by atoms with Crippen LogP contribution in [0.25, 0.3) is 0 Å². The van der Waals surface area contributed by atoms with Crippen LogP contribution >= 0.6 is 11.3 Å². The fourth-order valence-electron chi connectivity index (χ4n) is 1.85. The van der Waals surface area contributed by atoms with Gasteiger partial charge in [0.1, 0.15) is 11.1 Å². The van der Waals surface area contributed by atoms with Gasteiger partial charge >= 0.3 is 0 Å². The first-order valence-electron chi connectivity index (χ1n) is 4.56. The van der Waals surface area contributed by atoms with E-state index < -0.39 is 6.10 Å². The summed E-state index contributed by atoms with van der Waals surface area (Å²) in [4.78, 5) is 4.13. The summed E-state index contributed by atoms with van der Waals surface area (Å²) in [5.41, 5.74) is 5.62. The Labute approximate surface area is 81.6 Å². The summed E-state index contributed by atoms with van der Waals surface area (Å²) in [5, 5.41) is 12.7. The molecule has 0 radical (unpaired) electrons. The Morgan fingerprint density at radius 2 is 2.46 bits per heavy atom. The first kappa shape index (κ1) is 9.12. The summed E-state index contributed by atoms with van der Waals surface area (Å²) in [6.07, 6.45) is 4.52. The monoisotopic (exact) mass is 198 g/mol. The summed E-state index contributed by atoms with van der Waals surface area (Å²) >= 11 is 1.51. The minimum absolute atomic E-state index is 0.0716. The average Bonchev–Trinajstić information content (AvgIpc) is 2.54. The lowest BCUT2D eigenvalue weighted by Gasteiger charge is -2.43. The van der Waals surface area contributed by atoms with Crippen LogP contribution in [0.3, 0.4) is 0 Å². The zero-order chi connectivity index (χ0) is 9.31. The van der Waals surface area contributed by atoms with E-state index in [1.54, 1.807) is 6.20 Å². The molecule has 0 saturated heterocycles. The Bertz CT molecular complexity index is 264. The molecule has 1 aliphatic rings. The third-order valence-corrected chi connectivity index (χ3v) is 3.85. The van der Waals surface area contributed by atoms with Crippen LogP contribution in [0.5, 0.6) is 0 Å². The van der Waals surface area contributed by atoms with Crippen molar-refractivity contribution in [3.63, 3.8) is 0 Å². The number of nitrogens with two attached hydrogens (primary N) is 1. The molecule has 0 aromatic carbocycles. The third kappa shape index (κ3) is 1.39. The first-order chi connectivity index (χ1) is 6.28. The molecule has 0 aliphatic heterocycles. The van der Waals surface area contributed by atoms with E-state index in [0.29, 0.717) is 6.54 Å². The Kier molecular flexibility index (Phi) is 2.36. The molecular formula is C9H14N2OS. The number of aliphatic hydroxyl groups is 1. The Morgan fingerprint density at radius 3 is 2.85 bits per heavy atom. The van der Waals surface area contributed by atoms with E-state index in [4.69, 9.17) is 5.73 Å². The Hall–Kier alpha value is -0.450. The lowest BCUT2D eigenvalue weighted by atomic mass is 9.65. The van der Waals surface area contributed by atoms with Crippen molar-refractivity contribution in [3.05, 3.63) is 16.6 Å². The van der Waals surface area contributed by atoms with Gasteiger partial charge in [-0.1, -0.05) is 6.42 Å². The van der Waals surface area contributed by atoms with E-state index >= 15 is 0 Å². The highest BCUT2D eigenvalue weighted by Crippen LogP contribution is 2.49. The molecular weight excluding hydrogens is 184 g/mol. The van der Waals surface area contributed by atoms with Gasteiger partial charge in [0.05, 0.1) is 0 Å². The zero-order valence-electron chi connectivity index (χ0n) is 7.44. The maximum absolute atomic E-state index is 10.0. The molecule has 1 atom stereocenters. The van der Waals surface area contributed by atoms with Crippen molar-refractivity contribution in [2.75, 3.05) is 6.54 Å². The van der Waals surface area contributed by atoms with Gasteiger partial charge in [0.15, 0.2) is 0 Å². The van der Waals surface area contributed by atoms with Gasteiger partial charge in [0.25, 0.3) is 0 Å². The van der Waals surface area contributed by atoms with Crippen LogP contribution in [-0.4, -0.2) is 16.6 Å². The van der Waals surface area contributed by atoms with Crippen molar-refractivity contribution < 1.29 is 5.11 Å². The van der Waals surface area contributed by atoms with E-state index in [1.165, 1.54) is 17.8 Å². The Balaban J connectivity index is 2.16. The van der Waals surface area contributed by atoms with Gasteiger partial charge in [0.2, 0.25) is 0 Å². The predicted molar refractivity (Wildman–Crippen MR) is 52.4 cm³/mol. The molecule has 2 rings (SSSR count). The minimum atomic E-state index is -0.453. The van der Waals surface area contributed by atoms with Crippen molar-refractivity contribution >= 4 is 11.3 Å². The molecule has 0 amide bonds. The van der Waals surface area contributed by atoms with E-state index in [2.05, 4.69) is 4.98 Å². The minimum Gasteiger partial charge on any atom is -0.385 e. The number of hydrogen-bond donors (Lipinski definition) is 2. The van der Waals surface area contributed by atoms with E-state index in [9.17, 15) is 5.11 Å². The number of rotatable bonds is 3. The number of aromatic nitrogens is 1. The number of aliphatic hydroxyl groups excluding tert-OH is 1. The molecule has 3 N–H and O–H groups in total. The average molecular weight is 198 g/mol. The summed E-state index contributed by atoms with van der Waals surface area (Å²) in [6, 6.07) is 0. The summed E-state index contributed by atoms with van der Waals surface area (Å²) in [6.45, 7) is 0.563. The highest BCUT2D eigenvalue weighted by atomic mass is 32.1. The number of hydrogen-bond acceptors (Lipinski definition) is 4. The molecule has 1 aromatic rings. The summed E-state index contributed by atoms with van der Waals surface area (Å²) in [5.74, 6) is 0. The van der Waals surface area contributed by atoms with Crippen LogP contribution in [0.2, 0.25) is 0 Å². The van der Waals surface area contributed by atoms with Gasteiger partial charge in [0, 0.05) is 23.5 Å². The van der Waals surface area contributed by atoms with Gasteiger partial charge in [-0.2, -0.15) is 0 Å². The molecule has 1 aromatic heterocycles. The second-order valence-corrected chi connectivity index (χ2v) is 4.62. The fourth-order valence-corrected chi connectivity index (χ4v) is 2.61. The molecule has 72 valence electrons. The molecule has 1 fully saturated rings. The van der Waals surface area contributed by atoms with Crippen molar-refractivity contribution in [1.82, 2.24) is 4.98 Å². The Morgan fingerprint density at radius 1 is 1.69 bits per heavy atom. The maximum atomic E-state index is 10.0. The molecule has 0 bridgehead atoms. The van der Waals surface area contributed by atoms with Crippen LogP contribution in [0.4, 0.5) is 0 Å². The van der Waals surface area contributed by atoms with Gasteiger partial charge in [-0.3, -0.25) is 0 Å². The number of nitrogens with zero attached hydrogens (tertiary/aromatic N) is 1. The highest BCUT2D eigenvalue weighted by Gasteiger charge is 2.43. The molecule has 3 nitrogen and oxygen atoms in total. The van der Waals surface area contributed by atoms with Crippen molar-refractivity contribution in [2.45, 2.75) is 25.4 Å². The molecule has 1 heterocycles. The largest absolute Gasteiger partial charge is 0.385 e. The van der Waals surface area contributed by atoms with Gasteiger partial charge in [-0.15, -0.1) is 11.3 Å². The molecule has 13 heavy (non-hydrogen) atoms. The van der Waals surface area contributed by atoms with E-state index in [-0.39, 0.29) is 5.41 Å². The van der Waals surface area contributed by atoms with Crippen LogP contribution in [0.15, 0.2) is 11.6 Å².